The van der Waals surface area contributed by atoms with Crippen LogP contribution in [0.4, 0.5) is 0 Å². The number of nitrogens with zero attached hydrogens (tertiary/aromatic N) is 4. The summed E-state index contributed by atoms with van der Waals surface area (Å²) < 4.78 is 5.09. The molecule has 1 heterocycles. The first kappa shape index (κ1) is 130. The molecule has 1 saturated heterocycles. The van der Waals surface area contributed by atoms with Crippen LogP contribution >= 0.6 is 24.0 Å². The Morgan fingerprint density at radius 2 is 0.712 bits per heavy atom. The highest BCUT2D eigenvalue weighted by Gasteiger charge is 2.30. The fourth-order valence-corrected chi connectivity index (χ4v) is 13.8. The lowest BCUT2D eigenvalue weighted by Gasteiger charge is -2.22. The maximum absolute atomic E-state index is 11.8. The molecule has 1 aliphatic heterocycles. The van der Waals surface area contributed by atoms with Crippen LogP contribution in [-0.4, -0.2) is 153 Å². The number of hydrogen-bond donors (Lipinski definition) is 3. The van der Waals surface area contributed by atoms with Crippen LogP contribution in [0.25, 0.3) is 0 Å². The van der Waals surface area contributed by atoms with Gasteiger partial charge in [0.05, 0.1) is 53.2 Å². The second kappa shape index (κ2) is 83.0. The highest BCUT2D eigenvalue weighted by Crippen LogP contribution is 2.29. The molecule has 0 bridgehead atoms. The highest BCUT2D eigenvalue weighted by atomic mass is 127. The Morgan fingerprint density at radius 1 is 0.424 bits per heavy atom. The summed E-state index contributed by atoms with van der Waals surface area (Å²) in [5.41, 5.74) is 1.33. The zero-order chi connectivity index (χ0) is 92.1. The van der Waals surface area contributed by atoms with E-state index in [9.17, 15) is 39.0 Å². The number of amides is 4. The van der Waals surface area contributed by atoms with Crippen molar-refractivity contribution in [1.29, 1.82) is 0 Å². The number of ether oxygens (including phenoxy) is 1. The van der Waals surface area contributed by atoms with E-state index >= 15 is 0 Å². The number of allylic oxidation sites excluding steroid dienone is 4. The fraction of sp³-hybridized carbons (Fsp3) is 0.859. The molecule has 3 N–H and O–H groups in total. The molecule has 0 aromatic heterocycles. The van der Waals surface area contributed by atoms with E-state index in [4.69, 9.17) is 29.2 Å². The zero-order valence-corrected chi connectivity index (χ0v) is 85.4. The summed E-state index contributed by atoms with van der Waals surface area (Å²) in [5, 5.41) is 32.6. The van der Waals surface area contributed by atoms with Gasteiger partial charge in [-0.25, -0.2) is 20.3 Å². The monoisotopic (exact) mass is 1790 g/mol. The van der Waals surface area contributed by atoms with Crippen molar-refractivity contribution in [2.45, 2.75) is 378 Å². The average molecular weight is 1790 g/mol. The molecule has 118 heavy (non-hydrogen) atoms. The Kier molecular flexibility index (Phi) is 91.4. The largest absolute Gasteiger partial charge is 0.462 e. The molecule has 0 aromatic rings. The van der Waals surface area contributed by atoms with Gasteiger partial charge < -0.3 is 24.9 Å². The lowest BCUT2D eigenvalue weighted by molar-refractivity contribution is -0.174. The van der Waals surface area contributed by atoms with E-state index in [0.29, 0.717) is 48.9 Å². The smallest absolute Gasteiger partial charge is 0.309 e. The van der Waals surface area contributed by atoms with Crippen molar-refractivity contribution in [1.82, 2.24) is 20.3 Å². The van der Waals surface area contributed by atoms with Gasteiger partial charge in [0.25, 0.3) is 0 Å². The van der Waals surface area contributed by atoms with Gasteiger partial charge in [-0.15, -0.1) is 43.7 Å². The molecule has 18 nitrogen and oxygen atoms in total. The van der Waals surface area contributed by atoms with E-state index in [1.54, 1.807) is 41.2 Å². The van der Waals surface area contributed by atoms with Gasteiger partial charge in [-0.1, -0.05) is 274 Å². The molecule has 19 heteroatoms. The predicted octanol–water partition coefficient (Wildman–Crippen LogP) is 25.1. The molecular weight excluding hydrogens is 1600 g/mol. The number of rotatable bonds is 55. The second-order valence-electron chi connectivity index (χ2n) is 36.8. The van der Waals surface area contributed by atoms with E-state index in [-0.39, 0.29) is 102 Å². The van der Waals surface area contributed by atoms with Gasteiger partial charge in [0.15, 0.2) is 0 Å². The topological polar surface area (TPSA) is 222 Å². The molecule has 0 radical (unpaired) electrons. The quantitative estimate of drug-likeness (QED) is 0.0169. The molecule has 1 fully saturated rings. The van der Waals surface area contributed by atoms with Crippen LogP contribution in [-0.2, 0) is 52.9 Å². The Balaban J connectivity index is -0.000000196. The minimum absolute atomic E-state index is 0. The standard InChI is InChI=1S/C15H32.C14H29NO2.C14H28.C12H25NO4.C12H23NO2.C12H24O.C11H21NO3.C9H14O2.HI/c1-7-13(4)8-9-14(5)11-15(6)10-12(2)3;1-7-11(2)8-9-12(3)10-13(4)14(16)15(5)17-6;1-7-12(4)8-9-13(5)10-14(6)11(2)3;1-9(5-6-11(15)8-14)7-10(2)12(16)13(3)17-4;1-6-7-8-10(2)9-11(3)12(14)13(4)15-5;1-5-10(2)6-7-11(3)8-12(4)9-13;1-5-6-7-10(13)8-9(2)11(14)12(3)15-4;1-3-4-5-8-6-7(2)9(10)11-8;/h12-15H,7-11H2,1-6H3;11-13H,7-10H2,1-6H3;12-14H,2,7-10H2,1,3-6H3;9-11,14-15H,5-8H2,1-4H3;6,10-11H,1,7-9H2,2-5H3;9-12H,5-8H2,1-4H3;5,9-10,13H,1,6-8H2,2-4H3;3,7-8H,1,4-6H2,2H3;1H/t13?,14-,15?;11?,12-,13?;12?,13-,14?;9-,10?,11?;10-,11?;10?,11-,12?;9?,10-;7-,8?;/m11111110./s1. The fourth-order valence-electron chi connectivity index (χ4n) is 13.8. The molecule has 0 spiro atoms. The van der Waals surface area contributed by atoms with Gasteiger partial charge in [-0.3, -0.25) is 43.3 Å². The molecule has 704 valence electrons. The predicted molar refractivity (Wildman–Crippen MR) is 511 cm³/mol. The lowest BCUT2D eigenvalue weighted by atomic mass is 9.86. The molecule has 0 aromatic carbocycles. The molecule has 4 amide bonds. The Bertz CT molecular complexity index is 2330. The number of hydroxylamine groups is 8. The van der Waals surface area contributed by atoms with Crippen molar-refractivity contribution in [2.75, 3.05) is 63.2 Å². The third-order valence-corrected chi connectivity index (χ3v) is 23.4. The van der Waals surface area contributed by atoms with E-state index in [1.807, 2.05) is 53.7 Å². The maximum atomic E-state index is 11.8. The number of cyclic esters (lactones) is 1. The van der Waals surface area contributed by atoms with Crippen molar-refractivity contribution in [2.24, 2.45) is 112 Å². The van der Waals surface area contributed by atoms with Crippen LogP contribution in [0.15, 0.2) is 50.1 Å². The van der Waals surface area contributed by atoms with Crippen LogP contribution in [0.1, 0.15) is 359 Å². The number of aliphatic hydroxyl groups excluding tert-OH is 3. The minimum Gasteiger partial charge on any atom is -0.462 e. The number of carbonyl (C=O) groups is 6. The van der Waals surface area contributed by atoms with Gasteiger partial charge in [-0.2, -0.15) is 0 Å². The first-order valence-corrected chi connectivity index (χ1v) is 46.0. The molecule has 1 rings (SSSR count). The Morgan fingerprint density at radius 3 is 0.992 bits per heavy atom. The first-order chi connectivity index (χ1) is 54.6. The van der Waals surface area contributed by atoms with Gasteiger partial charge in [0.2, 0.25) is 23.6 Å². The number of esters is 1. The number of carbonyl (C=O) groups excluding carboxylic acids is 6. The molecule has 0 aliphatic carbocycles. The normalized spacial score (nSPS) is 17.5. The summed E-state index contributed by atoms with van der Waals surface area (Å²) in [6.45, 7) is 69.6. The van der Waals surface area contributed by atoms with E-state index in [1.165, 1.54) is 151 Å². The first-order valence-electron chi connectivity index (χ1n) is 46.0. The van der Waals surface area contributed by atoms with Gasteiger partial charge >= 0.3 is 5.97 Å². The molecular formula is C99H197IN4O14. The van der Waals surface area contributed by atoms with Crippen LogP contribution in [0.3, 0.4) is 0 Å². The number of halogens is 1. The van der Waals surface area contributed by atoms with Crippen molar-refractivity contribution in [3.63, 3.8) is 0 Å². The average Bonchev–Trinajstić information content (AvgIpc) is 1.75. The van der Waals surface area contributed by atoms with Crippen molar-refractivity contribution in [3.05, 3.63) is 50.1 Å². The van der Waals surface area contributed by atoms with Crippen molar-refractivity contribution in [3.8, 4) is 0 Å². The van der Waals surface area contributed by atoms with Crippen LogP contribution < -0.4 is 0 Å². The number of hydrogen-bond acceptors (Lipinski definition) is 14. The zero-order valence-electron chi connectivity index (χ0n) is 83.1. The summed E-state index contributed by atoms with van der Waals surface area (Å²) in [7, 11) is 12.4. The highest BCUT2D eigenvalue weighted by molar-refractivity contribution is 14.0. The summed E-state index contributed by atoms with van der Waals surface area (Å²) in [4.78, 5) is 87.5. The Labute approximate surface area is 747 Å². The summed E-state index contributed by atoms with van der Waals surface area (Å²) in [6.07, 6.45) is 37.4. The third kappa shape index (κ3) is 78.4. The molecule has 21 atom stereocenters. The van der Waals surface area contributed by atoms with Crippen molar-refractivity contribution < 1.29 is 68.2 Å². The van der Waals surface area contributed by atoms with E-state index < -0.39 is 12.2 Å². The number of aldehydes is 1. The molecule has 13 unspecified atom stereocenters. The van der Waals surface area contributed by atoms with Crippen molar-refractivity contribution >= 4 is 59.9 Å². The summed E-state index contributed by atoms with van der Waals surface area (Å²) >= 11 is 0. The van der Waals surface area contributed by atoms with Gasteiger partial charge in [0.1, 0.15) is 12.4 Å². The summed E-state index contributed by atoms with van der Waals surface area (Å²) in [6, 6.07) is 0. The SMILES string of the molecule is C=C(C)C(C)C[C@H](C)CCC(C)CC.C=CCCC1C[C@H](C)C(=O)O1.C=CCC[C@@H](C)CC(C)C(=O)N(C)OC.C=CCC[C@@H](O)CC(C)C(=O)N(C)OC.CCC(C)CC[C@@H](C)CC(C)C(=O)N(C)OC.CCC(C)CC[C@@H](C)CC(C)C=O.CCC(C)CC[C@@H](C)CC(C)CC(C)C.CON(C)C(=O)C(C)C[C@H](C)CCC(O)CO.I. The van der Waals surface area contributed by atoms with Crippen LogP contribution in [0.5, 0.6) is 0 Å². The van der Waals surface area contributed by atoms with Gasteiger partial charge in [-0.05, 0) is 193 Å². The van der Waals surface area contributed by atoms with Gasteiger partial charge in [0, 0.05) is 57.8 Å². The lowest BCUT2D eigenvalue weighted by Crippen LogP contribution is -2.32. The minimum atomic E-state index is -0.648. The third-order valence-electron chi connectivity index (χ3n) is 23.4. The van der Waals surface area contributed by atoms with Crippen LogP contribution in [0, 0.1) is 112 Å². The molecule has 1 aliphatic rings. The summed E-state index contributed by atoms with van der Waals surface area (Å²) in [5.74, 6) is 9.92. The molecule has 0 saturated carbocycles. The Hall–Kier alpha value is -3.57. The second-order valence-corrected chi connectivity index (χ2v) is 36.8. The maximum Gasteiger partial charge on any atom is 0.309 e. The van der Waals surface area contributed by atoms with E-state index in [2.05, 4.69) is 151 Å². The van der Waals surface area contributed by atoms with Crippen LogP contribution in [0.2, 0.25) is 0 Å². The number of aliphatic hydroxyl groups is 3. The van der Waals surface area contributed by atoms with E-state index in [0.717, 1.165) is 124 Å².